The lowest BCUT2D eigenvalue weighted by atomic mass is 9.99. The normalized spacial score (nSPS) is 12.1. The summed E-state index contributed by atoms with van der Waals surface area (Å²) in [4.78, 5) is 10.6. The lowest BCUT2D eigenvalue weighted by Crippen LogP contribution is -2.14. The summed E-state index contributed by atoms with van der Waals surface area (Å²) in [5.41, 5.74) is 8.15. The summed E-state index contributed by atoms with van der Waals surface area (Å²) < 4.78 is 0. The van der Waals surface area contributed by atoms with Crippen molar-refractivity contribution in [3.05, 3.63) is 54.1 Å². The maximum Gasteiger partial charge on any atom is 0.305 e. The van der Waals surface area contributed by atoms with Crippen molar-refractivity contribution in [1.82, 2.24) is 0 Å². The first-order valence-electron chi connectivity index (χ1n) is 5.93. The molecule has 0 saturated carbocycles. The standard InChI is InChI=1S/C15H15NO3/c16-13(9-15(18)19)11-7-5-10(6-8-11)12-3-1-2-4-14(12)17/h1-8,13,17H,9,16H2,(H,18,19). The molecule has 0 heterocycles. The van der Waals surface area contributed by atoms with Gasteiger partial charge in [-0.1, -0.05) is 42.5 Å². The van der Waals surface area contributed by atoms with Crippen LogP contribution in [0, 0.1) is 0 Å². The number of aromatic hydroxyl groups is 1. The first kappa shape index (κ1) is 13.1. The molecule has 2 rings (SSSR count). The van der Waals surface area contributed by atoms with Gasteiger partial charge in [-0.05, 0) is 17.2 Å². The van der Waals surface area contributed by atoms with Crippen LogP contribution in [0.15, 0.2) is 48.5 Å². The van der Waals surface area contributed by atoms with Gasteiger partial charge < -0.3 is 15.9 Å². The van der Waals surface area contributed by atoms with Crippen molar-refractivity contribution in [1.29, 1.82) is 0 Å². The fourth-order valence-electron chi connectivity index (χ4n) is 1.93. The summed E-state index contributed by atoms with van der Waals surface area (Å²) >= 11 is 0. The first-order chi connectivity index (χ1) is 9.08. The average molecular weight is 257 g/mol. The number of hydrogen-bond donors (Lipinski definition) is 3. The van der Waals surface area contributed by atoms with Gasteiger partial charge in [0.25, 0.3) is 0 Å². The van der Waals surface area contributed by atoms with Crippen molar-refractivity contribution >= 4 is 5.97 Å². The Hall–Kier alpha value is -2.33. The quantitative estimate of drug-likeness (QED) is 0.785. The second kappa shape index (κ2) is 5.54. The molecule has 0 aliphatic carbocycles. The number of nitrogens with two attached hydrogens (primary N) is 1. The number of carboxylic acid groups (broad SMARTS) is 1. The third-order valence-electron chi connectivity index (χ3n) is 2.95. The number of para-hydroxylation sites is 1. The van der Waals surface area contributed by atoms with Gasteiger partial charge in [0.15, 0.2) is 0 Å². The van der Waals surface area contributed by atoms with Gasteiger partial charge in [0, 0.05) is 11.6 Å². The summed E-state index contributed by atoms with van der Waals surface area (Å²) in [5, 5.41) is 18.5. The molecular formula is C15H15NO3. The predicted molar refractivity (Wildman–Crippen MR) is 72.7 cm³/mol. The van der Waals surface area contributed by atoms with E-state index in [-0.39, 0.29) is 12.2 Å². The molecule has 0 bridgehead atoms. The van der Waals surface area contributed by atoms with Crippen LogP contribution in [0.2, 0.25) is 0 Å². The third-order valence-corrected chi connectivity index (χ3v) is 2.95. The van der Waals surface area contributed by atoms with Crippen LogP contribution in [0.4, 0.5) is 0 Å². The van der Waals surface area contributed by atoms with Gasteiger partial charge >= 0.3 is 5.97 Å². The molecule has 2 aromatic rings. The Balaban J connectivity index is 2.24. The molecule has 0 saturated heterocycles. The van der Waals surface area contributed by atoms with Gasteiger partial charge in [0.1, 0.15) is 5.75 Å². The highest BCUT2D eigenvalue weighted by Crippen LogP contribution is 2.29. The van der Waals surface area contributed by atoms with E-state index in [1.54, 1.807) is 24.3 Å². The summed E-state index contributed by atoms with van der Waals surface area (Å²) in [6.45, 7) is 0. The lowest BCUT2D eigenvalue weighted by Gasteiger charge is -2.10. The Bertz CT molecular complexity index is 578. The van der Waals surface area contributed by atoms with E-state index in [9.17, 15) is 9.90 Å². The molecule has 0 amide bonds. The van der Waals surface area contributed by atoms with Crippen LogP contribution in [0.5, 0.6) is 5.75 Å². The monoisotopic (exact) mass is 257 g/mol. The fraction of sp³-hybridized carbons (Fsp3) is 0.133. The van der Waals surface area contributed by atoms with Crippen LogP contribution in [0.25, 0.3) is 11.1 Å². The van der Waals surface area contributed by atoms with Crippen LogP contribution in [0.1, 0.15) is 18.0 Å². The van der Waals surface area contributed by atoms with E-state index in [1.165, 1.54) is 0 Å². The van der Waals surface area contributed by atoms with E-state index < -0.39 is 12.0 Å². The molecule has 0 aliphatic heterocycles. The van der Waals surface area contributed by atoms with Gasteiger partial charge in [-0.3, -0.25) is 4.79 Å². The van der Waals surface area contributed by atoms with Gasteiger partial charge in [-0.15, -0.1) is 0 Å². The fourth-order valence-corrected chi connectivity index (χ4v) is 1.93. The van der Waals surface area contributed by atoms with Gasteiger partial charge in [0.2, 0.25) is 0 Å². The van der Waals surface area contributed by atoms with Gasteiger partial charge in [-0.25, -0.2) is 0 Å². The smallest absolute Gasteiger partial charge is 0.305 e. The zero-order valence-electron chi connectivity index (χ0n) is 10.3. The third kappa shape index (κ3) is 3.11. The Morgan fingerprint density at radius 3 is 2.32 bits per heavy atom. The van der Waals surface area contributed by atoms with E-state index in [1.807, 2.05) is 24.3 Å². The van der Waals surface area contributed by atoms with Crippen molar-refractivity contribution in [2.75, 3.05) is 0 Å². The van der Waals surface area contributed by atoms with Crippen molar-refractivity contribution in [2.45, 2.75) is 12.5 Å². The van der Waals surface area contributed by atoms with Crippen molar-refractivity contribution in [3.8, 4) is 16.9 Å². The van der Waals surface area contributed by atoms with Crippen molar-refractivity contribution in [3.63, 3.8) is 0 Å². The van der Waals surface area contributed by atoms with E-state index in [4.69, 9.17) is 10.8 Å². The molecule has 4 nitrogen and oxygen atoms in total. The maximum absolute atomic E-state index is 10.6. The van der Waals surface area contributed by atoms with Crippen LogP contribution in [-0.2, 0) is 4.79 Å². The minimum atomic E-state index is -0.919. The second-order valence-corrected chi connectivity index (χ2v) is 4.34. The summed E-state index contributed by atoms with van der Waals surface area (Å²) in [5.74, 6) is -0.706. The van der Waals surface area contributed by atoms with Crippen LogP contribution in [0.3, 0.4) is 0 Å². The first-order valence-corrected chi connectivity index (χ1v) is 5.93. The molecular weight excluding hydrogens is 242 g/mol. The topological polar surface area (TPSA) is 83.6 Å². The Morgan fingerprint density at radius 1 is 1.11 bits per heavy atom. The molecule has 0 radical (unpaired) electrons. The SMILES string of the molecule is NC(CC(=O)O)c1ccc(-c2ccccc2O)cc1. The van der Waals surface area contributed by atoms with Crippen LogP contribution >= 0.6 is 0 Å². The van der Waals surface area contributed by atoms with Gasteiger partial charge in [0.05, 0.1) is 6.42 Å². The average Bonchev–Trinajstić information content (AvgIpc) is 2.39. The summed E-state index contributed by atoms with van der Waals surface area (Å²) in [7, 11) is 0. The van der Waals surface area contributed by atoms with E-state index in [0.29, 0.717) is 0 Å². The highest BCUT2D eigenvalue weighted by atomic mass is 16.4. The molecule has 98 valence electrons. The molecule has 1 unspecified atom stereocenters. The minimum absolute atomic E-state index is 0.101. The minimum Gasteiger partial charge on any atom is -0.507 e. The lowest BCUT2D eigenvalue weighted by molar-refractivity contribution is -0.137. The highest BCUT2D eigenvalue weighted by Gasteiger charge is 2.11. The molecule has 2 aromatic carbocycles. The highest BCUT2D eigenvalue weighted by molar-refractivity contribution is 5.70. The predicted octanol–water partition coefficient (Wildman–Crippen LogP) is 2.53. The molecule has 4 N–H and O–H groups in total. The number of carbonyl (C=O) groups is 1. The van der Waals surface area contributed by atoms with Crippen molar-refractivity contribution in [2.24, 2.45) is 5.73 Å². The number of phenolic OH excluding ortho intramolecular Hbond substituents is 1. The van der Waals surface area contributed by atoms with E-state index in [0.717, 1.165) is 16.7 Å². The Labute approximate surface area is 111 Å². The molecule has 0 aliphatic rings. The molecule has 1 atom stereocenters. The van der Waals surface area contributed by atoms with Crippen LogP contribution in [-0.4, -0.2) is 16.2 Å². The van der Waals surface area contributed by atoms with E-state index >= 15 is 0 Å². The number of phenols is 1. The molecule has 0 fully saturated rings. The molecule has 0 aromatic heterocycles. The van der Waals surface area contributed by atoms with Crippen LogP contribution < -0.4 is 5.73 Å². The largest absolute Gasteiger partial charge is 0.507 e. The zero-order valence-corrected chi connectivity index (χ0v) is 10.3. The zero-order chi connectivity index (χ0) is 13.8. The maximum atomic E-state index is 10.6. The van der Waals surface area contributed by atoms with Crippen molar-refractivity contribution < 1.29 is 15.0 Å². The molecule has 19 heavy (non-hydrogen) atoms. The second-order valence-electron chi connectivity index (χ2n) is 4.34. The molecule has 4 heteroatoms. The number of aliphatic carboxylic acids is 1. The Morgan fingerprint density at radius 2 is 1.74 bits per heavy atom. The number of benzene rings is 2. The van der Waals surface area contributed by atoms with E-state index in [2.05, 4.69) is 0 Å². The number of rotatable bonds is 4. The molecule has 0 spiro atoms. The number of hydrogen-bond acceptors (Lipinski definition) is 3. The number of carboxylic acids is 1. The van der Waals surface area contributed by atoms with Gasteiger partial charge in [-0.2, -0.15) is 0 Å². The summed E-state index contributed by atoms with van der Waals surface area (Å²) in [6.07, 6.45) is -0.101. The summed E-state index contributed by atoms with van der Waals surface area (Å²) in [6, 6.07) is 13.8. The Kier molecular flexibility index (Phi) is 3.82.